The zero-order valence-electron chi connectivity index (χ0n) is 10.5. The van der Waals surface area contributed by atoms with Crippen LogP contribution in [0.25, 0.3) is 0 Å². The van der Waals surface area contributed by atoms with Crippen molar-refractivity contribution in [3.63, 3.8) is 0 Å². The molecule has 0 aromatic heterocycles. The quantitative estimate of drug-likeness (QED) is 0.752. The lowest BCUT2D eigenvalue weighted by Crippen LogP contribution is -1.97. The van der Waals surface area contributed by atoms with Crippen LogP contribution in [0.3, 0.4) is 0 Å². The average Bonchev–Trinajstić information content (AvgIpc) is 2.33. The van der Waals surface area contributed by atoms with Gasteiger partial charge in [0.15, 0.2) is 5.78 Å². The van der Waals surface area contributed by atoms with Crippen LogP contribution in [0.4, 0.5) is 4.39 Å². The van der Waals surface area contributed by atoms with Crippen molar-refractivity contribution in [1.29, 1.82) is 0 Å². The summed E-state index contributed by atoms with van der Waals surface area (Å²) in [6, 6.07) is 9.66. The number of ketones is 1. The number of carbonyl (C=O) groups excluding carboxylic acids is 1. The summed E-state index contributed by atoms with van der Waals surface area (Å²) in [6.45, 7) is 3.14. The number of carbonyl (C=O) groups is 1. The van der Waals surface area contributed by atoms with Crippen LogP contribution in [0, 0.1) is 12.7 Å². The molecule has 4 heteroatoms. The van der Waals surface area contributed by atoms with E-state index >= 15 is 0 Å². The molecule has 2 nitrogen and oxygen atoms in total. The summed E-state index contributed by atoms with van der Waals surface area (Å²) in [7, 11) is 0. The molecule has 0 aliphatic carbocycles. The molecule has 2 aromatic rings. The Morgan fingerprint density at radius 3 is 2.58 bits per heavy atom. The molecule has 0 saturated carbocycles. The van der Waals surface area contributed by atoms with E-state index in [0.717, 1.165) is 4.47 Å². The fourth-order valence-electron chi connectivity index (χ4n) is 1.68. The van der Waals surface area contributed by atoms with Gasteiger partial charge in [0.1, 0.15) is 17.3 Å². The Morgan fingerprint density at radius 1 is 1.21 bits per heavy atom. The van der Waals surface area contributed by atoms with E-state index in [-0.39, 0.29) is 11.6 Å². The number of ether oxygens (including phenoxy) is 1. The van der Waals surface area contributed by atoms with E-state index in [1.54, 1.807) is 31.2 Å². The van der Waals surface area contributed by atoms with E-state index in [1.165, 1.54) is 19.1 Å². The summed E-state index contributed by atoms with van der Waals surface area (Å²) in [5.41, 5.74) is 0.988. The highest BCUT2D eigenvalue weighted by Gasteiger charge is 2.10. The van der Waals surface area contributed by atoms with E-state index in [9.17, 15) is 9.18 Å². The van der Waals surface area contributed by atoms with E-state index in [0.29, 0.717) is 22.6 Å². The molecule has 0 N–H and O–H groups in total. The molecule has 0 saturated heterocycles. The lowest BCUT2D eigenvalue weighted by molar-refractivity contribution is 0.101. The first-order valence-corrected chi connectivity index (χ1v) is 6.51. The molecule has 0 unspecified atom stereocenters. The van der Waals surface area contributed by atoms with Crippen molar-refractivity contribution < 1.29 is 13.9 Å². The summed E-state index contributed by atoms with van der Waals surface area (Å²) in [5.74, 6) is 0.585. The summed E-state index contributed by atoms with van der Waals surface area (Å²) in [6.07, 6.45) is 0. The monoisotopic (exact) mass is 322 g/mol. The second-order valence-corrected chi connectivity index (χ2v) is 5.13. The average molecular weight is 323 g/mol. The van der Waals surface area contributed by atoms with Gasteiger partial charge in [0.2, 0.25) is 0 Å². The van der Waals surface area contributed by atoms with Crippen LogP contribution in [0.5, 0.6) is 11.5 Å². The number of hydrogen-bond acceptors (Lipinski definition) is 2. The molecular weight excluding hydrogens is 311 g/mol. The van der Waals surface area contributed by atoms with Gasteiger partial charge in [-0.3, -0.25) is 4.79 Å². The van der Waals surface area contributed by atoms with Crippen LogP contribution in [-0.4, -0.2) is 5.78 Å². The van der Waals surface area contributed by atoms with Crippen LogP contribution in [0.1, 0.15) is 22.8 Å². The van der Waals surface area contributed by atoms with E-state index < -0.39 is 0 Å². The first-order chi connectivity index (χ1) is 8.97. The lowest BCUT2D eigenvalue weighted by atomic mass is 10.1. The standard InChI is InChI=1S/C15H12BrFO2/c1-9-7-12(4-6-14(9)17)19-15-8-11(16)3-5-13(15)10(2)18/h3-8H,1-2H3. The van der Waals surface area contributed by atoms with Crippen LogP contribution in [0.15, 0.2) is 40.9 Å². The van der Waals surface area contributed by atoms with Gasteiger partial charge in [-0.2, -0.15) is 0 Å². The number of hydrogen-bond donors (Lipinski definition) is 0. The van der Waals surface area contributed by atoms with Gasteiger partial charge in [-0.05, 0) is 55.8 Å². The first-order valence-electron chi connectivity index (χ1n) is 5.72. The molecule has 98 valence electrons. The lowest BCUT2D eigenvalue weighted by Gasteiger charge is -2.10. The third kappa shape index (κ3) is 3.20. The number of rotatable bonds is 3. The van der Waals surface area contributed by atoms with Gasteiger partial charge in [0.25, 0.3) is 0 Å². The highest BCUT2D eigenvalue weighted by atomic mass is 79.9. The third-order valence-electron chi connectivity index (χ3n) is 2.68. The van der Waals surface area contributed by atoms with Crippen molar-refractivity contribution in [3.05, 3.63) is 57.8 Å². The molecule has 0 bridgehead atoms. The molecule has 0 amide bonds. The van der Waals surface area contributed by atoms with Crippen molar-refractivity contribution in [2.24, 2.45) is 0 Å². The maximum Gasteiger partial charge on any atom is 0.163 e. The van der Waals surface area contributed by atoms with Gasteiger partial charge in [0.05, 0.1) is 5.56 Å². The zero-order chi connectivity index (χ0) is 14.0. The predicted octanol–water partition coefficient (Wildman–Crippen LogP) is 4.89. The van der Waals surface area contributed by atoms with Crippen LogP contribution in [0.2, 0.25) is 0 Å². The Kier molecular flexibility index (Phi) is 4.00. The van der Waals surface area contributed by atoms with Crippen LogP contribution >= 0.6 is 15.9 Å². The van der Waals surface area contributed by atoms with Crippen LogP contribution in [-0.2, 0) is 0 Å². The molecule has 0 spiro atoms. The van der Waals surface area contributed by atoms with E-state index in [1.807, 2.05) is 0 Å². The van der Waals surface area contributed by atoms with Gasteiger partial charge in [-0.25, -0.2) is 4.39 Å². The van der Waals surface area contributed by atoms with Gasteiger partial charge < -0.3 is 4.74 Å². The summed E-state index contributed by atoms with van der Waals surface area (Å²) >= 11 is 3.33. The highest BCUT2D eigenvalue weighted by molar-refractivity contribution is 9.10. The molecule has 0 aliphatic heterocycles. The van der Waals surface area contributed by atoms with E-state index in [4.69, 9.17) is 4.74 Å². The minimum Gasteiger partial charge on any atom is -0.457 e. The normalized spacial score (nSPS) is 10.3. The van der Waals surface area contributed by atoms with Gasteiger partial charge in [0, 0.05) is 4.47 Å². The molecule has 0 radical (unpaired) electrons. The number of Topliss-reactive ketones (excluding diaryl/α,β-unsaturated/α-hetero) is 1. The van der Waals surface area contributed by atoms with Crippen molar-refractivity contribution >= 4 is 21.7 Å². The topological polar surface area (TPSA) is 26.3 Å². The molecule has 0 fully saturated rings. The smallest absolute Gasteiger partial charge is 0.163 e. The van der Waals surface area contributed by atoms with Crippen molar-refractivity contribution in [1.82, 2.24) is 0 Å². The molecule has 0 atom stereocenters. The van der Waals surface area contributed by atoms with Crippen molar-refractivity contribution in [2.75, 3.05) is 0 Å². The third-order valence-corrected chi connectivity index (χ3v) is 3.17. The molecule has 0 aliphatic rings. The van der Waals surface area contributed by atoms with Crippen LogP contribution < -0.4 is 4.74 Å². The molecule has 0 heterocycles. The van der Waals surface area contributed by atoms with E-state index in [2.05, 4.69) is 15.9 Å². The summed E-state index contributed by atoms with van der Waals surface area (Å²) in [4.78, 5) is 11.5. The fourth-order valence-corrected chi connectivity index (χ4v) is 2.02. The predicted molar refractivity (Wildman–Crippen MR) is 75.4 cm³/mol. The Morgan fingerprint density at radius 2 is 1.95 bits per heavy atom. The van der Waals surface area contributed by atoms with Gasteiger partial charge >= 0.3 is 0 Å². The number of aryl methyl sites for hydroxylation is 1. The first kappa shape index (κ1) is 13.7. The van der Waals surface area contributed by atoms with Crippen molar-refractivity contribution in [2.45, 2.75) is 13.8 Å². The Hall–Kier alpha value is -1.68. The Bertz CT molecular complexity index is 638. The largest absolute Gasteiger partial charge is 0.457 e. The number of halogens is 2. The molecule has 2 aromatic carbocycles. The Labute approximate surface area is 119 Å². The van der Waals surface area contributed by atoms with Gasteiger partial charge in [-0.1, -0.05) is 15.9 Å². The molecule has 2 rings (SSSR count). The second kappa shape index (κ2) is 5.53. The molecular formula is C15H12BrFO2. The number of benzene rings is 2. The highest BCUT2D eigenvalue weighted by Crippen LogP contribution is 2.29. The van der Waals surface area contributed by atoms with Gasteiger partial charge in [-0.15, -0.1) is 0 Å². The summed E-state index contributed by atoms with van der Waals surface area (Å²) < 4.78 is 19.7. The fraction of sp³-hybridized carbons (Fsp3) is 0.133. The van der Waals surface area contributed by atoms with Crippen molar-refractivity contribution in [3.8, 4) is 11.5 Å². The second-order valence-electron chi connectivity index (χ2n) is 4.21. The summed E-state index contributed by atoms with van der Waals surface area (Å²) in [5, 5.41) is 0. The SMILES string of the molecule is CC(=O)c1ccc(Br)cc1Oc1ccc(F)c(C)c1. The molecule has 19 heavy (non-hydrogen) atoms. The minimum atomic E-state index is -0.284. The minimum absolute atomic E-state index is 0.0821. The maximum absolute atomic E-state index is 13.2. The maximum atomic E-state index is 13.2. The Balaban J connectivity index is 2.39. The zero-order valence-corrected chi connectivity index (χ0v) is 12.1.